The number of carbonyl (C=O) groups is 3. The van der Waals surface area contributed by atoms with Crippen molar-refractivity contribution in [2.45, 2.75) is 19.9 Å². The maximum atomic E-state index is 13.4. The summed E-state index contributed by atoms with van der Waals surface area (Å²) in [5.41, 5.74) is 1.77. The predicted octanol–water partition coefficient (Wildman–Crippen LogP) is 3.92. The van der Waals surface area contributed by atoms with Crippen LogP contribution in [0.1, 0.15) is 32.5 Å². The van der Waals surface area contributed by atoms with Crippen molar-refractivity contribution in [3.63, 3.8) is 0 Å². The quantitative estimate of drug-likeness (QED) is 0.355. The molecule has 2 unspecified atom stereocenters. The molecule has 2 atom stereocenters. The standard InChI is InChI=1S/C23H20N2O4S/c1-13-14(2)30-23(24-13)25-19(16-11-7-8-12-17(16)29-3)18(21(27)22(25)28)20(26)15-9-5-4-6-10-15/h4-12,18-19H,1-3H3. The Hall–Kier alpha value is -3.32. The molecule has 2 aromatic carbocycles. The average molecular weight is 420 g/mol. The Labute approximate surface area is 178 Å². The van der Waals surface area contributed by atoms with Crippen molar-refractivity contribution in [1.82, 2.24) is 4.98 Å². The smallest absolute Gasteiger partial charge is 0.297 e. The third kappa shape index (κ3) is 3.21. The summed E-state index contributed by atoms with van der Waals surface area (Å²) in [6.07, 6.45) is 0. The fraction of sp³-hybridized carbons (Fsp3) is 0.217. The van der Waals surface area contributed by atoms with E-state index in [1.54, 1.807) is 54.6 Å². The molecule has 7 heteroatoms. The fourth-order valence-corrected chi connectivity index (χ4v) is 4.65. The number of anilines is 1. The molecule has 2 heterocycles. The zero-order chi connectivity index (χ0) is 21.4. The van der Waals surface area contributed by atoms with Gasteiger partial charge in [0.2, 0.25) is 5.78 Å². The Balaban J connectivity index is 1.91. The molecule has 0 bridgehead atoms. The molecule has 0 aliphatic carbocycles. The van der Waals surface area contributed by atoms with Gasteiger partial charge >= 0.3 is 0 Å². The highest BCUT2D eigenvalue weighted by atomic mass is 32.1. The lowest BCUT2D eigenvalue weighted by atomic mass is 9.86. The van der Waals surface area contributed by atoms with Gasteiger partial charge in [-0.1, -0.05) is 48.5 Å². The summed E-state index contributed by atoms with van der Waals surface area (Å²) in [5, 5.41) is 0.405. The summed E-state index contributed by atoms with van der Waals surface area (Å²) in [5.74, 6) is -2.52. The molecule has 1 amide bonds. The van der Waals surface area contributed by atoms with E-state index < -0.39 is 29.4 Å². The monoisotopic (exact) mass is 420 g/mol. The number of thiazole rings is 1. The summed E-state index contributed by atoms with van der Waals surface area (Å²) >= 11 is 1.33. The number of Topliss-reactive ketones (excluding diaryl/α,β-unsaturated/α-hetero) is 2. The number of ketones is 2. The van der Waals surface area contributed by atoms with Crippen molar-refractivity contribution in [3.8, 4) is 5.75 Å². The molecule has 1 saturated heterocycles. The van der Waals surface area contributed by atoms with E-state index in [9.17, 15) is 14.4 Å². The average Bonchev–Trinajstić information content (AvgIpc) is 3.23. The number of carbonyl (C=O) groups excluding carboxylic acids is 3. The van der Waals surface area contributed by atoms with Crippen molar-refractivity contribution in [3.05, 3.63) is 76.3 Å². The van der Waals surface area contributed by atoms with Crippen LogP contribution in [0.4, 0.5) is 5.13 Å². The first-order chi connectivity index (χ1) is 14.4. The molecule has 0 N–H and O–H groups in total. The molecule has 0 saturated carbocycles. The summed E-state index contributed by atoms with van der Waals surface area (Å²) in [7, 11) is 1.52. The van der Waals surface area contributed by atoms with Gasteiger partial charge in [-0.25, -0.2) is 4.98 Å². The van der Waals surface area contributed by atoms with Crippen molar-refractivity contribution in [2.24, 2.45) is 5.92 Å². The van der Waals surface area contributed by atoms with Gasteiger partial charge in [-0.15, -0.1) is 11.3 Å². The molecule has 30 heavy (non-hydrogen) atoms. The molecule has 1 aliphatic heterocycles. The SMILES string of the molecule is COc1ccccc1C1C(C(=O)c2ccccc2)C(=O)C(=O)N1c1nc(C)c(C)s1. The van der Waals surface area contributed by atoms with E-state index in [-0.39, 0.29) is 0 Å². The van der Waals surface area contributed by atoms with E-state index in [1.165, 1.54) is 23.3 Å². The largest absolute Gasteiger partial charge is 0.496 e. The maximum absolute atomic E-state index is 13.4. The number of nitrogens with zero attached hydrogens (tertiary/aromatic N) is 2. The van der Waals surface area contributed by atoms with E-state index in [0.29, 0.717) is 22.0 Å². The van der Waals surface area contributed by atoms with Gasteiger partial charge in [0.05, 0.1) is 18.8 Å². The number of aryl methyl sites for hydroxylation is 2. The van der Waals surface area contributed by atoms with E-state index in [0.717, 1.165) is 10.6 Å². The molecular formula is C23H20N2O4S. The van der Waals surface area contributed by atoms with Gasteiger partial charge in [-0.2, -0.15) is 0 Å². The van der Waals surface area contributed by atoms with Crippen molar-refractivity contribution in [1.29, 1.82) is 0 Å². The summed E-state index contributed by atoms with van der Waals surface area (Å²) in [6, 6.07) is 14.9. The Morgan fingerprint density at radius 1 is 1.03 bits per heavy atom. The van der Waals surface area contributed by atoms with Crippen LogP contribution in [0.5, 0.6) is 5.75 Å². The van der Waals surface area contributed by atoms with Crippen LogP contribution in [-0.2, 0) is 9.59 Å². The third-order valence-corrected chi connectivity index (χ3v) is 6.40. The molecule has 3 aromatic rings. The normalized spacial score (nSPS) is 18.7. The highest BCUT2D eigenvalue weighted by molar-refractivity contribution is 7.16. The van der Waals surface area contributed by atoms with Crippen LogP contribution in [0.3, 0.4) is 0 Å². The highest BCUT2D eigenvalue weighted by Crippen LogP contribution is 2.45. The third-order valence-electron chi connectivity index (χ3n) is 5.33. The molecular weight excluding hydrogens is 400 g/mol. The van der Waals surface area contributed by atoms with Crippen LogP contribution in [-0.4, -0.2) is 29.6 Å². The second-order valence-electron chi connectivity index (χ2n) is 7.07. The minimum atomic E-state index is -1.18. The van der Waals surface area contributed by atoms with Crippen LogP contribution in [0.15, 0.2) is 54.6 Å². The number of para-hydroxylation sites is 1. The number of hydrogen-bond donors (Lipinski definition) is 0. The van der Waals surface area contributed by atoms with Crippen molar-refractivity contribution in [2.75, 3.05) is 12.0 Å². The lowest BCUT2D eigenvalue weighted by Gasteiger charge is -2.26. The van der Waals surface area contributed by atoms with Crippen molar-refractivity contribution < 1.29 is 19.1 Å². The Morgan fingerprint density at radius 2 is 1.70 bits per heavy atom. The number of methoxy groups -OCH3 is 1. The fourth-order valence-electron chi connectivity index (χ4n) is 3.71. The van der Waals surface area contributed by atoms with Gasteiger partial charge in [0.1, 0.15) is 11.7 Å². The molecule has 0 radical (unpaired) electrons. The number of hydrogen-bond acceptors (Lipinski definition) is 6. The van der Waals surface area contributed by atoms with Gasteiger partial charge in [-0.3, -0.25) is 19.3 Å². The minimum absolute atomic E-state index is 0.386. The molecule has 1 aromatic heterocycles. The molecule has 6 nitrogen and oxygen atoms in total. The van der Waals surface area contributed by atoms with Gasteiger partial charge < -0.3 is 4.74 Å². The van der Waals surface area contributed by atoms with Gasteiger partial charge in [0.15, 0.2) is 10.9 Å². The second-order valence-corrected chi connectivity index (χ2v) is 8.25. The van der Waals surface area contributed by atoms with E-state index in [4.69, 9.17) is 4.74 Å². The van der Waals surface area contributed by atoms with Crippen molar-refractivity contribution >= 4 is 33.9 Å². The summed E-state index contributed by atoms with van der Waals surface area (Å²) in [4.78, 5) is 46.4. The minimum Gasteiger partial charge on any atom is -0.496 e. The molecule has 1 aliphatic rings. The van der Waals surface area contributed by atoms with Crippen LogP contribution in [0.25, 0.3) is 0 Å². The molecule has 0 spiro atoms. The van der Waals surface area contributed by atoms with Crippen LogP contribution in [0, 0.1) is 19.8 Å². The van der Waals surface area contributed by atoms with E-state index in [2.05, 4.69) is 4.98 Å². The Kier molecular flexibility index (Phi) is 5.22. The van der Waals surface area contributed by atoms with E-state index in [1.807, 2.05) is 13.8 Å². The number of benzene rings is 2. The lowest BCUT2D eigenvalue weighted by Crippen LogP contribution is -2.31. The number of ether oxygens (including phenoxy) is 1. The highest BCUT2D eigenvalue weighted by Gasteiger charge is 2.54. The number of rotatable bonds is 5. The summed E-state index contributed by atoms with van der Waals surface area (Å²) in [6.45, 7) is 3.76. The van der Waals surface area contributed by atoms with Gasteiger partial charge in [-0.05, 0) is 19.9 Å². The van der Waals surface area contributed by atoms with Gasteiger partial charge in [0.25, 0.3) is 5.91 Å². The Morgan fingerprint density at radius 3 is 2.33 bits per heavy atom. The number of aromatic nitrogens is 1. The molecule has 4 rings (SSSR count). The van der Waals surface area contributed by atoms with Crippen LogP contribution < -0.4 is 9.64 Å². The number of amides is 1. The van der Waals surface area contributed by atoms with Gasteiger partial charge in [0, 0.05) is 16.0 Å². The lowest BCUT2D eigenvalue weighted by molar-refractivity contribution is -0.135. The van der Waals surface area contributed by atoms with Crippen LogP contribution in [0.2, 0.25) is 0 Å². The van der Waals surface area contributed by atoms with Crippen LogP contribution >= 0.6 is 11.3 Å². The Bertz CT molecular complexity index is 1120. The zero-order valence-corrected chi connectivity index (χ0v) is 17.6. The maximum Gasteiger partial charge on any atom is 0.297 e. The summed E-state index contributed by atoms with van der Waals surface area (Å²) < 4.78 is 5.50. The first-order valence-electron chi connectivity index (χ1n) is 9.47. The van der Waals surface area contributed by atoms with E-state index >= 15 is 0 Å². The molecule has 152 valence electrons. The predicted molar refractivity (Wildman–Crippen MR) is 114 cm³/mol. The first kappa shape index (κ1) is 20.0. The topological polar surface area (TPSA) is 76.6 Å². The zero-order valence-electron chi connectivity index (χ0n) is 16.8. The second kappa shape index (κ2) is 7.84. The molecule has 1 fully saturated rings. The first-order valence-corrected chi connectivity index (χ1v) is 10.3.